The van der Waals surface area contributed by atoms with Gasteiger partial charge in [0.05, 0.1) is 15.9 Å². The Labute approximate surface area is 192 Å². The number of hydrogen-bond acceptors (Lipinski definition) is 5. The second kappa shape index (κ2) is 8.08. The van der Waals surface area contributed by atoms with Crippen molar-refractivity contribution >= 4 is 45.1 Å². The molecule has 2 aromatic heterocycles. The molecule has 1 fully saturated rings. The summed E-state index contributed by atoms with van der Waals surface area (Å²) in [6.07, 6.45) is 2.59. The summed E-state index contributed by atoms with van der Waals surface area (Å²) in [6, 6.07) is 5.02. The molecule has 1 saturated heterocycles. The molecular formula is C23H19ClF2N6O. The number of piperazine rings is 1. The molecule has 0 aliphatic carbocycles. The number of fused-ring (bicyclic) bond motifs is 2. The zero-order valence-corrected chi connectivity index (χ0v) is 18.5. The van der Waals surface area contributed by atoms with Crippen LogP contribution in [0.5, 0.6) is 0 Å². The second-order valence-electron chi connectivity index (χ2n) is 7.85. The maximum absolute atomic E-state index is 15.9. The number of anilines is 1. The van der Waals surface area contributed by atoms with E-state index in [0.717, 1.165) is 0 Å². The molecule has 3 heterocycles. The van der Waals surface area contributed by atoms with Crippen LogP contribution in [0.3, 0.4) is 0 Å². The van der Waals surface area contributed by atoms with E-state index in [1.54, 1.807) is 30.0 Å². The van der Waals surface area contributed by atoms with Crippen LogP contribution in [0.15, 0.2) is 37.2 Å². The lowest BCUT2D eigenvalue weighted by atomic mass is 9.95. The van der Waals surface area contributed by atoms with Crippen LogP contribution < -0.4 is 4.90 Å². The molecule has 33 heavy (non-hydrogen) atoms. The molecule has 1 N–H and O–H groups in total. The Bertz CT molecular complexity index is 1430. The molecule has 4 aromatic rings. The monoisotopic (exact) mass is 468 g/mol. The van der Waals surface area contributed by atoms with Crippen LogP contribution in [0.25, 0.3) is 32.9 Å². The lowest BCUT2D eigenvalue weighted by Gasteiger charge is -2.35. The molecule has 0 unspecified atom stereocenters. The molecule has 168 valence electrons. The van der Waals surface area contributed by atoms with E-state index < -0.39 is 11.8 Å². The number of halogens is 3. The summed E-state index contributed by atoms with van der Waals surface area (Å²) in [5.41, 5.74) is 1.52. The van der Waals surface area contributed by atoms with E-state index in [1.165, 1.54) is 12.4 Å². The third kappa shape index (κ3) is 3.39. The zero-order chi connectivity index (χ0) is 23.3. The van der Waals surface area contributed by atoms with Crippen molar-refractivity contribution in [2.45, 2.75) is 6.92 Å². The van der Waals surface area contributed by atoms with Gasteiger partial charge in [0.15, 0.2) is 5.82 Å². The summed E-state index contributed by atoms with van der Waals surface area (Å²) >= 11 is 6.60. The van der Waals surface area contributed by atoms with Crippen LogP contribution in [-0.2, 0) is 4.79 Å². The number of aromatic nitrogens is 4. The van der Waals surface area contributed by atoms with E-state index in [2.05, 4.69) is 26.7 Å². The van der Waals surface area contributed by atoms with Crippen LogP contribution in [0.2, 0.25) is 5.02 Å². The maximum atomic E-state index is 15.9. The van der Waals surface area contributed by atoms with Gasteiger partial charge in [-0.1, -0.05) is 24.2 Å². The minimum atomic E-state index is -0.658. The zero-order valence-electron chi connectivity index (χ0n) is 17.7. The van der Waals surface area contributed by atoms with Gasteiger partial charge in [-0.2, -0.15) is 9.49 Å². The fourth-order valence-electron chi connectivity index (χ4n) is 4.36. The highest BCUT2D eigenvalue weighted by Crippen LogP contribution is 2.42. The highest BCUT2D eigenvalue weighted by atomic mass is 35.5. The summed E-state index contributed by atoms with van der Waals surface area (Å²) < 4.78 is 30.4. The third-order valence-electron chi connectivity index (χ3n) is 6.00. The van der Waals surface area contributed by atoms with Crippen molar-refractivity contribution in [1.29, 1.82) is 0 Å². The number of H-pyrrole nitrogens is 1. The van der Waals surface area contributed by atoms with E-state index in [1.807, 2.05) is 4.90 Å². The number of aromatic amines is 1. The molecule has 10 heteroatoms. The number of nitrogens with one attached hydrogen (secondary N) is 1. The van der Waals surface area contributed by atoms with E-state index in [4.69, 9.17) is 11.6 Å². The molecule has 1 amide bonds. The summed E-state index contributed by atoms with van der Waals surface area (Å²) in [7, 11) is 0. The molecule has 5 rings (SSSR count). The van der Waals surface area contributed by atoms with Crippen molar-refractivity contribution in [3.05, 3.63) is 59.5 Å². The Hall–Kier alpha value is -3.59. The number of rotatable bonds is 3. The Kier molecular flexibility index (Phi) is 5.20. The molecule has 0 radical (unpaired) electrons. The first kappa shape index (κ1) is 21.3. The van der Waals surface area contributed by atoms with Gasteiger partial charge in [-0.05, 0) is 30.7 Å². The molecule has 0 atom stereocenters. The summed E-state index contributed by atoms with van der Waals surface area (Å²) in [5, 5.41) is 6.99. The first-order valence-corrected chi connectivity index (χ1v) is 10.7. The van der Waals surface area contributed by atoms with Gasteiger partial charge in [-0.3, -0.25) is 9.89 Å². The van der Waals surface area contributed by atoms with E-state index in [9.17, 15) is 9.18 Å². The Morgan fingerprint density at radius 1 is 1.18 bits per heavy atom. The van der Waals surface area contributed by atoms with Crippen LogP contribution in [-0.4, -0.2) is 57.2 Å². The number of amides is 1. The van der Waals surface area contributed by atoms with Gasteiger partial charge in [0, 0.05) is 42.7 Å². The van der Waals surface area contributed by atoms with Crippen LogP contribution in [0.1, 0.15) is 5.56 Å². The maximum Gasteiger partial charge on any atom is 0.246 e. The summed E-state index contributed by atoms with van der Waals surface area (Å²) in [5.74, 6) is -0.910. The molecule has 0 bridgehead atoms. The van der Waals surface area contributed by atoms with Gasteiger partial charge in [-0.15, -0.1) is 0 Å². The van der Waals surface area contributed by atoms with Gasteiger partial charge < -0.3 is 9.80 Å². The minimum Gasteiger partial charge on any atom is -0.352 e. The number of carbonyl (C=O) groups excluding carboxylic acids is 1. The fraction of sp³-hybridized carbons (Fsp3) is 0.217. The fourth-order valence-corrected chi connectivity index (χ4v) is 4.65. The van der Waals surface area contributed by atoms with Gasteiger partial charge in [0.1, 0.15) is 17.7 Å². The summed E-state index contributed by atoms with van der Waals surface area (Å²) in [4.78, 5) is 24.1. The third-order valence-corrected chi connectivity index (χ3v) is 6.30. The first-order chi connectivity index (χ1) is 15.9. The average Bonchev–Trinajstić information content (AvgIpc) is 3.20. The minimum absolute atomic E-state index is 0.0682. The SMILES string of the molecule is C=CC(=O)N1CCN(c2ncnc3c(F)c(-c4c(C)ccc5n[nH]c(F)c45)c(Cl)cc23)CC1. The van der Waals surface area contributed by atoms with Gasteiger partial charge in [0.25, 0.3) is 0 Å². The van der Waals surface area contributed by atoms with Crippen molar-refractivity contribution in [3.63, 3.8) is 0 Å². The van der Waals surface area contributed by atoms with E-state index in [0.29, 0.717) is 54.0 Å². The van der Waals surface area contributed by atoms with Crippen molar-refractivity contribution in [2.24, 2.45) is 0 Å². The highest BCUT2D eigenvalue weighted by molar-refractivity contribution is 6.35. The smallest absolute Gasteiger partial charge is 0.246 e. The molecular weight excluding hydrogens is 450 g/mol. The van der Waals surface area contributed by atoms with Gasteiger partial charge >= 0.3 is 0 Å². The Balaban J connectivity index is 1.64. The molecule has 1 aliphatic rings. The lowest BCUT2D eigenvalue weighted by molar-refractivity contribution is -0.126. The molecule has 0 saturated carbocycles. The normalized spacial score (nSPS) is 14.3. The quantitative estimate of drug-likeness (QED) is 0.455. The number of hydrogen-bond donors (Lipinski definition) is 1. The second-order valence-corrected chi connectivity index (χ2v) is 8.25. The van der Waals surface area contributed by atoms with Crippen molar-refractivity contribution in [2.75, 3.05) is 31.1 Å². The average molecular weight is 469 g/mol. The number of nitrogens with zero attached hydrogens (tertiary/aromatic N) is 5. The number of carbonyl (C=O) groups is 1. The van der Waals surface area contributed by atoms with Crippen LogP contribution in [0.4, 0.5) is 14.6 Å². The standard InChI is InChI=1S/C23H19ClF2N6O/c1-3-16(33)31-6-8-32(9-7-31)23-13-10-14(24)18(20(25)21(13)27-11-28-23)17-12(2)4-5-15-19(17)22(26)30-29-15/h3-5,10-11H,1,6-9H2,2H3,(H,29,30). The van der Waals surface area contributed by atoms with Crippen molar-refractivity contribution in [1.82, 2.24) is 25.1 Å². The van der Waals surface area contributed by atoms with E-state index >= 15 is 4.39 Å². The molecule has 0 spiro atoms. The van der Waals surface area contributed by atoms with E-state index in [-0.39, 0.29) is 27.4 Å². The first-order valence-electron chi connectivity index (χ1n) is 10.3. The lowest BCUT2D eigenvalue weighted by Crippen LogP contribution is -2.48. The molecule has 1 aliphatic heterocycles. The predicted molar refractivity (Wildman–Crippen MR) is 123 cm³/mol. The Morgan fingerprint density at radius 2 is 1.94 bits per heavy atom. The summed E-state index contributed by atoms with van der Waals surface area (Å²) in [6.45, 7) is 7.30. The predicted octanol–water partition coefficient (Wildman–Crippen LogP) is 4.25. The van der Waals surface area contributed by atoms with Crippen LogP contribution in [0, 0.1) is 18.7 Å². The number of aryl methyl sites for hydroxylation is 1. The largest absolute Gasteiger partial charge is 0.352 e. The molecule has 2 aromatic carbocycles. The van der Waals surface area contributed by atoms with Crippen LogP contribution >= 0.6 is 11.6 Å². The Morgan fingerprint density at radius 3 is 2.67 bits per heavy atom. The van der Waals surface area contributed by atoms with Crippen molar-refractivity contribution < 1.29 is 13.6 Å². The van der Waals surface area contributed by atoms with Gasteiger partial charge in [0.2, 0.25) is 11.9 Å². The van der Waals surface area contributed by atoms with Crippen molar-refractivity contribution in [3.8, 4) is 11.1 Å². The topological polar surface area (TPSA) is 78.0 Å². The number of benzene rings is 2. The highest BCUT2D eigenvalue weighted by Gasteiger charge is 2.26. The molecule has 7 nitrogen and oxygen atoms in total. The van der Waals surface area contributed by atoms with Gasteiger partial charge in [-0.25, -0.2) is 14.4 Å².